The molecule has 1 atom stereocenters. The number of halogens is 1. The zero-order valence-electron chi connectivity index (χ0n) is 17.0. The molecule has 31 heavy (non-hydrogen) atoms. The maximum atomic E-state index is 14.7. The number of hydrogen-bond acceptors (Lipinski definition) is 4. The molecule has 6 heteroatoms. The molecule has 0 radical (unpaired) electrons. The number of hydrogen-bond donors (Lipinski definition) is 2. The van der Waals surface area contributed by atoms with Crippen molar-refractivity contribution in [2.24, 2.45) is 0 Å². The van der Waals surface area contributed by atoms with Gasteiger partial charge in [0.05, 0.1) is 5.69 Å². The van der Waals surface area contributed by atoms with Crippen LogP contribution < -0.4 is 15.8 Å². The van der Waals surface area contributed by atoms with E-state index in [0.717, 1.165) is 28.0 Å². The number of carbonyl (C=O) groups is 1. The van der Waals surface area contributed by atoms with Gasteiger partial charge in [0.25, 0.3) is 5.88 Å². The molecule has 0 aliphatic heterocycles. The summed E-state index contributed by atoms with van der Waals surface area (Å²) in [7, 11) is 0. The van der Waals surface area contributed by atoms with Crippen molar-refractivity contribution < 1.29 is 13.9 Å². The van der Waals surface area contributed by atoms with Crippen molar-refractivity contribution in [3.8, 4) is 5.88 Å². The van der Waals surface area contributed by atoms with Crippen LogP contribution in [-0.2, 0) is 11.2 Å². The number of nitrogens with two attached hydrogens (primary N) is 1. The van der Waals surface area contributed by atoms with Crippen LogP contribution in [0.1, 0.15) is 24.2 Å². The smallest absolute Gasteiger partial charge is 0.253 e. The minimum Gasteiger partial charge on any atom is -0.467 e. The molecule has 0 aliphatic rings. The average Bonchev–Trinajstić information content (AvgIpc) is 2.77. The number of pyridine rings is 1. The largest absolute Gasteiger partial charge is 0.467 e. The minimum absolute atomic E-state index is 0.0327. The van der Waals surface area contributed by atoms with Crippen LogP contribution in [0.5, 0.6) is 5.88 Å². The SMILES string of the molecule is CC(=O)Nc1nc(OC(Cc2cccc3ccccc23)c2ccccc2)c(F)cc1N. The Morgan fingerprint density at radius 3 is 2.55 bits per heavy atom. The molecule has 3 N–H and O–H groups in total. The molecule has 1 amide bonds. The summed E-state index contributed by atoms with van der Waals surface area (Å²) in [6.07, 6.45) is 0.00888. The van der Waals surface area contributed by atoms with Gasteiger partial charge in [-0.15, -0.1) is 0 Å². The monoisotopic (exact) mass is 415 g/mol. The van der Waals surface area contributed by atoms with E-state index in [1.165, 1.54) is 6.92 Å². The second kappa shape index (κ2) is 8.83. The lowest BCUT2D eigenvalue weighted by Gasteiger charge is -2.21. The van der Waals surface area contributed by atoms with Crippen molar-refractivity contribution in [1.29, 1.82) is 0 Å². The van der Waals surface area contributed by atoms with Gasteiger partial charge in [-0.2, -0.15) is 4.98 Å². The van der Waals surface area contributed by atoms with Crippen LogP contribution in [0.3, 0.4) is 0 Å². The number of amides is 1. The van der Waals surface area contributed by atoms with Crippen LogP contribution in [0, 0.1) is 5.82 Å². The predicted molar refractivity (Wildman–Crippen MR) is 120 cm³/mol. The molecule has 0 saturated heterocycles. The Hall–Kier alpha value is -3.93. The Labute approximate surface area is 179 Å². The first-order valence-electron chi connectivity index (χ1n) is 9.93. The van der Waals surface area contributed by atoms with Crippen molar-refractivity contribution in [3.63, 3.8) is 0 Å². The van der Waals surface area contributed by atoms with Crippen LogP contribution in [0.25, 0.3) is 10.8 Å². The molecule has 5 nitrogen and oxygen atoms in total. The van der Waals surface area contributed by atoms with Gasteiger partial charge >= 0.3 is 0 Å². The first-order chi connectivity index (χ1) is 15.0. The number of benzene rings is 3. The van der Waals surface area contributed by atoms with Crippen molar-refractivity contribution >= 4 is 28.2 Å². The summed E-state index contributed by atoms with van der Waals surface area (Å²) in [6, 6.07) is 24.9. The van der Waals surface area contributed by atoms with E-state index in [9.17, 15) is 9.18 Å². The summed E-state index contributed by atoms with van der Waals surface area (Å²) >= 11 is 0. The van der Waals surface area contributed by atoms with E-state index in [1.54, 1.807) is 0 Å². The Morgan fingerprint density at radius 1 is 1.06 bits per heavy atom. The number of anilines is 2. The summed E-state index contributed by atoms with van der Waals surface area (Å²) in [4.78, 5) is 15.6. The number of aromatic nitrogens is 1. The van der Waals surface area contributed by atoms with Crippen molar-refractivity contribution in [1.82, 2.24) is 4.98 Å². The second-order valence-corrected chi connectivity index (χ2v) is 7.25. The predicted octanol–water partition coefficient (Wildman–Crippen LogP) is 5.28. The van der Waals surface area contributed by atoms with E-state index in [2.05, 4.69) is 28.5 Å². The van der Waals surface area contributed by atoms with Crippen molar-refractivity contribution in [3.05, 3.63) is 95.8 Å². The summed E-state index contributed by atoms with van der Waals surface area (Å²) < 4.78 is 20.7. The van der Waals surface area contributed by atoms with Gasteiger partial charge in [-0.05, 0) is 21.9 Å². The number of nitrogens with one attached hydrogen (secondary N) is 1. The lowest BCUT2D eigenvalue weighted by Crippen LogP contribution is -2.15. The molecular formula is C25H22FN3O2. The number of rotatable bonds is 6. The maximum absolute atomic E-state index is 14.7. The van der Waals surface area contributed by atoms with Gasteiger partial charge in [0.2, 0.25) is 5.91 Å². The second-order valence-electron chi connectivity index (χ2n) is 7.25. The molecule has 3 aromatic carbocycles. The first-order valence-corrected chi connectivity index (χ1v) is 9.93. The molecule has 0 fully saturated rings. The molecule has 0 spiro atoms. The van der Waals surface area contributed by atoms with Gasteiger partial charge < -0.3 is 15.8 Å². The number of carbonyl (C=O) groups excluding carboxylic acids is 1. The van der Waals surface area contributed by atoms with Crippen LogP contribution in [0.15, 0.2) is 78.9 Å². The third-order valence-electron chi connectivity index (χ3n) is 4.98. The average molecular weight is 415 g/mol. The fraction of sp³-hybridized carbons (Fsp3) is 0.120. The highest BCUT2D eigenvalue weighted by Gasteiger charge is 2.20. The highest BCUT2D eigenvalue weighted by molar-refractivity contribution is 5.90. The van der Waals surface area contributed by atoms with Crippen LogP contribution in [0.2, 0.25) is 0 Å². The zero-order valence-corrected chi connectivity index (χ0v) is 17.0. The fourth-order valence-electron chi connectivity index (χ4n) is 3.54. The Morgan fingerprint density at radius 2 is 1.77 bits per heavy atom. The topological polar surface area (TPSA) is 77.2 Å². The molecule has 1 heterocycles. The van der Waals surface area contributed by atoms with Crippen LogP contribution in [0.4, 0.5) is 15.9 Å². The molecule has 0 aliphatic carbocycles. The molecule has 4 rings (SSSR count). The normalized spacial score (nSPS) is 11.8. The zero-order chi connectivity index (χ0) is 21.8. The van der Waals surface area contributed by atoms with E-state index < -0.39 is 11.9 Å². The highest BCUT2D eigenvalue weighted by Crippen LogP contribution is 2.31. The lowest BCUT2D eigenvalue weighted by atomic mass is 9.96. The third-order valence-corrected chi connectivity index (χ3v) is 4.98. The quantitative estimate of drug-likeness (QED) is 0.449. The minimum atomic E-state index is -0.689. The van der Waals surface area contributed by atoms with Gasteiger partial charge in [0, 0.05) is 19.4 Å². The van der Waals surface area contributed by atoms with E-state index in [0.29, 0.717) is 6.42 Å². The number of ether oxygens (including phenoxy) is 1. The molecule has 0 saturated carbocycles. The molecule has 156 valence electrons. The molecule has 4 aromatic rings. The van der Waals surface area contributed by atoms with Gasteiger partial charge in [0.15, 0.2) is 11.6 Å². The standard InChI is InChI=1S/C25H22FN3O2/c1-16(30)28-24-22(27)15-21(26)25(29-24)31-23(18-9-3-2-4-10-18)14-19-12-7-11-17-8-5-6-13-20(17)19/h2-13,15,23H,14,27H2,1H3,(H,28,29,30). The molecular weight excluding hydrogens is 393 g/mol. The molecule has 1 aromatic heterocycles. The van der Waals surface area contributed by atoms with E-state index in [4.69, 9.17) is 10.5 Å². The van der Waals surface area contributed by atoms with Gasteiger partial charge in [0.1, 0.15) is 6.10 Å². The highest BCUT2D eigenvalue weighted by atomic mass is 19.1. The molecule has 0 bridgehead atoms. The third kappa shape index (κ3) is 4.64. The fourth-order valence-corrected chi connectivity index (χ4v) is 3.54. The Balaban J connectivity index is 1.72. The van der Waals surface area contributed by atoms with E-state index in [-0.39, 0.29) is 23.3 Å². The number of nitrogens with zero attached hydrogens (tertiary/aromatic N) is 1. The number of nitrogen functional groups attached to an aromatic ring is 1. The Bertz CT molecular complexity index is 1220. The van der Waals surface area contributed by atoms with Gasteiger partial charge in [-0.25, -0.2) is 4.39 Å². The maximum Gasteiger partial charge on any atom is 0.253 e. The first kappa shape index (κ1) is 20.3. The summed E-state index contributed by atoms with van der Waals surface area (Å²) in [6.45, 7) is 1.33. The Kier molecular flexibility index (Phi) is 5.80. The van der Waals surface area contributed by atoms with Gasteiger partial charge in [-0.1, -0.05) is 72.8 Å². The van der Waals surface area contributed by atoms with Crippen molar-refractivity contribution in [2.45, 2.75) is 19.4 Å². The van der Waals surface area contributed by atoms with Crippen LogP contribution in [-0.4, -0.2) is 10.9 Å². The van der Waals surface area contributed by atoms with Crippen LogP contribution >= 0.6 is 0 Å². The van der Waals surface area contributed by atoms with Gasteiger partial charge in [-0.3, -0.25) is 4.79 Å². The van der Waals surface area contributed by atoms with E-state index in [1.807, 2.05) is 54.6 Å². The number of fused-ring (bicyclic) bond motifs is 1. The summed E-state index contributed by atoms with van der Waals surface area (Å²) in [5.41, 5.74) is 7.78. The summed E-state index contributed by atoms with van der Waals surface area (Å²) in [5.74, 6) is -1.19. The van der Waals surface area contributed by atoms with Crippen molar-refractivity contribution in [2.75, 3.05) is 11.1 Å². The lowest BCUT2D eigenvalue weighted by molar-refractivity contribution is -0.114. The molecule has 1 unspecified atom stereocenters. The summed E-state index contributed by atoms with van der Waals surface area (Å²) in [5, 5.41) is 4.74. The van der Waals surface area contributed by atoms with E-state index >= 15 is 0 Å².